The first-order valence-corrected chi connectivity index (χ1v) is 12.3. The third kappa shape index (κ3) is 8.71. The van der Waals surface area contributed by atoms with Crippen LogP contribution < -0.4 is 0 Å². The Hall–Kier alpha value is 0.708. The van der Waals surface area contributed by atoms with E-state index in [1.165, 1.54) is 0 Å². The molecule has 0 saturated heterocycles. The third-order valence-corrected chi connectivity index (χ3v) is 10.6. The van der Waals surface area contributed by atoms with Crippen LogP contribution in [0.1, 0.15) is 0 Å². The first-order chi connectivity index (χ1) is 3.71. The van der Waals surface area contributed by atoms with Gasteiger partial charge in [0.1, 0.15) is 0 Å². The molecule has 0 atom stereocenters. The van der Waals surface area contributed by atoms with Gasteiger partial charge in [0, 0.05) is 0 Å². The van der Waals surface area contributed by atoms with Gasteiger partial charge in [0.15, 0.2) is 0 Å². The molecule has 0 bridgehead atoms. The number of rotatable bonds is 2. The van der Waals surface area contributed by atoms with Gasteiger partial charge in [-0.05, 0) is 0 Å². The van der Waals surface area contributed by atoms with Gasteiger partial charge in [0.25, 0.3) is 0 Å². The summed E-state index contributed by atoms with van der Waals surface area (Å²) in [5.74, 6) is 0. The van der Waals surface area contributed by atoms with Crippen LogP contribution in [-0.4, -0.2) is 28.3 Å². The second-order valence-electron chi connectivity index (χ2n) is 3.38. The molecular weight excluding hydrogens is 202 g/mol. The summed E-state index contributed by atoms with van der Waals surface area (Å²) in [6, 6.07) is 0. The quantitative estimate of drug-likeness (QED) is 0.529. The van der Waals surface area contributed by atoms with Crippen LogP contribution >= 0.6 is 7.60 Å². The molecule has 0 radical (unpaired) electrons. The van der Waals surface area contributed by atoms with Gasteiger partial charge in [-0.1, -0.05) is 0 Å². The average Bonchev–Trinajstić information content (AvgIpc) is 1.14. The molecule has 0 saturated carbocycles. The summed E-state index contributed by atoms with van der Waals surface area (Å²) in [6.45, 7) is 0. The Labute approximate surface area is 58.1 Å². The zero-order valence-corrected chi connectivity index (χ0v) is 8.95. The molecule has 0 aliphatic heterocycles. The standard InChI is InChI=1S/C4H14AsO3P/c1-5(2,3)4-9(6,7)8/h5H,4H2,1-3H3,(H2,6,7,8). The minimum atomic E-state index is -3.70. The molecule has 0 aromatic rings. The summed E-state index contributed by atoms with van der Waals surface area (Å²) in [4.78, 5) is 17.2. The van der Waals surface area contributed by atoms with Crippen molar-refractivity contribution >= 4 is 21.1 Å². The van der Waals surface area contributed by atoms with E-state index in [4.69, 9.17) is 9.79 Å². The van der Waals surface area contributed by atoms with Gasteiger partial charge >= 0.3 is 57.6 Å². The normalized spacial score (nSPS) is 15.7. The second-order valence-corrected chi connectivity index (χ2v) is 17.8. The molecular formula is C4H14AsO3P. The molecule has 0 aromatic heterocycles. The van der Waals surface area contributed by atoms with E-state index in [1.54, 1.807) is 0 Å². The molecule has 0 rings (SSSR count). The monoisotopic (exact) mass is 216 g/mol. The molecule has 9 heavy (non-hydrogen) atoms. The zero-order valence-electron chi connectivity index (χ0n) is 5.96. The fourth-order valence-electron chi connectivity index (χ4n) is 0.618. The first-order valence-electron chi connectivity index (χ1n) is 2.75. The van der Waals surface area contributed by atoms with Crippen LogP contribution in [0.3, 0.4) is 0 Å². The molecule has 0 spiro atoms. The Bertz CT molecular complexity index is 133. The number of hydrogen-bond acceptors (Lipinski definition) is 1. The molecule has 0 unspecified atom stereocenters. The van der Waals surface area contributed by atoms with Gasteiger partial charge in [-0.15, -0.1) is 0 Å². The fourth-order valence-corrected chi connectivity index (χ4v) is 9.63. The average molecular weight is 216 g/mol. The Morgan fingerprint density at radius 2 is 1.67 bits per heavy atom. The molecule has 5 heteroatoms. The van der Waals surface area contributed by atoms with Crippen LogP contribution in [0.25, 0.3) is 0 Å². The van der Waals surface area contributed by atoms with Crippen molar-refractivity contribution in [1.82, 2.24) is 0 Å². The predicted molar refractivity (Wildman–Crippen MR) is 41.7 cm³/mol. The Morgan fingerprint density at radius 3 is 1.67 bits per heavy atom. The van der Waals surface area contributed by atoms with Crippen LogP contribution in [0.5, 0.6) is 0 Å². The topological polar surface area (TPSA) is 57.5 Å². The van der Waals surface area contributed by atoms with Gasteiger partial charge in [-0.3, -0.25) is 0 Å². The van der Waals surface area contributed by atoms with Gasteiger partial charge in [-0.25, -0.2) is 0 Å². The van der Waals surface area contributed by atoms with E-state index in [0.717, 1.165) is 0 Å². The third-order valence-electron chi connectivity index (χ3n) is 0.680. The molecule has 58 valence electrons. The SMILES string of the molecule is C[AsH](C)(C)CP(=O)(O)O. The molecule has 2 N–H and O–H groups in total. The van der Waals surface area contributed by atoms with Gasteiger partial charge < -0.3 is 0 Å². The van der Waals surface area contributed by atoms with Crippen molar-refractivity contribution < 1.29 is 14.4 Å². The fraction of sp³-hybridized carbons (Fsp3) is 1.00. The van der Waals surface area contributed by atoms with Gasteiger partial charge in [0.2, 0.25) is 0 Å². The van der Waals surface area contributed by atoms with E-state index in [2.05, 4.69) is 0 Å². The summed E-state index contributed by atoms with van der Waals surface area (Å²) >= 11 is -2.00. The van der Waals surface area contributed by atoms with E-state index in [1.807, 2.05) is 17.1 Å². The summed E-state index contributed by atoms with van der Waals surface area (Å²) < 4.78 is 10.4. The zero-order chi connectivity index (χ0) is 7.71. The maximum atomic E-state index is 10.4. The maximum absolute atomic E-state index is 10.4. The molecule has 0 aliphatic carbocycles. The first kappa shape index (κ1) is 9.71. The van der Waals surface area contributed by atoms with Crippen LogP contribution in [-0.2, 0) is 4.57 Å². The van der Waals surface area contributed by atoms with Crippen molar-refractivity contribution in [3.8, 4) is 0 Å². The van der Waals surface area contributed by atoms with Crippen molar-refractivity contribution in [2.45, 2.75) is 17.1 Å². The molecule has 3 nitrogen and oxygen atoms in total. The van der Waals surface area contributed by atoms with E-state index in [9.17, 15) is 4.57 Å². The van der Waals surface area contributed by atoms with Crippen LogP contribution in [0.2, 0.25) is 17.1 Å². The summed E-state index contributed by atoms with van der Waals surface area (Å²) in [7, 11) is -3.70. The van der Waals surface area contributed by atoms with Crippen LogP contribution in [0, 0.1) is 0 Å². The molecule has 0 fully saturated rings. The van der Waals surface area contributed by atoms with E-state index >= 15 is 0 Å². The Morgan fingerprint density at radius 1 is 1.33 bits per heavy atom. The minimum absolute atomic E-state index is 0.146. The van der Waals surface area contributed by atoms with Crippen LogP contribution in [0.15, 0.2) is 0 Å². The predicted octanol–water partition coefficient (Wildman–Crippen LogP) is 0.774. The molecule has 0 aromatic carbocycles. The number of hydrogen-bond donors (Lipinski definition) is 2. The summed E-state index contributed by atoms with van der Waals surface area (Å²) in [5.41, 5.74) is 5.96. The van der Waals surface area contributed by atoms with Gasteiger partial charge in [0.05, 0.1) is 0 Å². The summed E-state index contributed by atoms with van der Waals surface area (Å²) in [6.07, 6.45) is 0. The van der Waals surface area contributed by atoms with Crippen molar-refractivity contribution in [3.05, 3.63) is 0 Å². The van der Waals surface area contributed by atoms with Crippen molar-refractivity contribution in [1.29, 1.82) is 0 Å². The molecule has 0 heterocycles. The van der Waals surface area contributed by atoms with E-state index in [0.29, 0.717) is 0 Å². The summed E-state index contributed by atoms with van der Waals surface area (Å²) in [5, 5.41) is 0. The van der Waals surface area contributed by atoms with E-state index < -0.39 is 21.1 Å². The van der Waals surface area contributed by atoms with Crippen molar-refractivity contribution in [3.63, 3.8) is 0 Å². The Kier molecular flexibility index (Phi) is 2.97. The van der Waals surface area contributed by atoms with Crippen molar-refractivity contribution in [2.75, 3.05) is 4.95 Å². The second kappa shape index (κ2) is 2.75. The Balaban J connectivity index is 3.90. The van der Waals surface area contributed by atoms with Crippen molar-refractivity contribution in [2.24, 2.45) is 0 Å². The molecule has 0 aliphatic rings. The van der Waals surface area contributed by atoms with Crippen LogP contribution in [0.4, 0.5) is 0 Å². The van der Waals surface area contributed by atoms with E-state index in [-0.39, 0.29) is 4.95 Å². The van der Waals surface area contributed by atoms with Gasteiger partial charge in [-0.2, -0.15) is 0 Å². The molecule has 0 amide bonds.